The van der Waals surface area contributed by atoms with Gasteiger partial charge in [0.1, 0.15) is 23.9 Å². The molecule has 0 fully saturated rings. The van der Waals surface area contributed by atoms with E-state index in [9.17, 15) is 9.59 Å². The molecule has 1 atom stereocenters. The number of carbonyl (C=O) groups excluding carboxylic acids is 1. The number of aryl methyl sites for hydroxylation is 1. The minimum absolute atomic E-state index is 0.0705. The first-order valence-corrected chi connectivity index (χ1v) is 12.3. The molecule has 9 heteroatoms. The summed E-state index contributed by atoms with van der Waals surface area (Å²) in [7, 11) is 0. The van der Waals surface area contributed by atoms with E-state index in [4.69, 9.17) is 14.5 Å². The van der Waals surface area contributed by atoms with Gasteiger partial charge < -0.3 is 19.8 Å². The summed E-state index contributed by atoms with van der Waals surface area (Å²) in [5.41, 5.74) is 1.77. The fraction of sp³-hybridized carbons (Fsp3) is 0.458. The lowest BCUT2D eigenvalue weighted by Crippen LogP contribution is -2.33. The number of hydrogen-bond donors (Lipinski definition) is 2. The summed E-state index contributed by atoms with van der Waals surface area (Å²) in [4.78, 5) is 37.3. The van der Waals surface area contributed by atoms with E-state index < -0.39 is 0 Å². The van der Waals surface area contributed by atoms with Crippen LogP contribution in [0.2, 0.25) is 0 Å². The molecule has 0 saturated carbocycles. The van der Waals surface area contributed by atoms with Gasteiger partial charge >= 0.3 is 0 Å². The molecule has 3 aromatic rings. The van der Waals surface area contributed by atoms with Gasteiger partial charge in [-0.3, -0.25) is 14.5 Å². The third-order valence-corrected chi connectivity index (χ3v) is 7.38. The molecule has 0 radical (unpaired) electrons. The van der Waals surface area contributed by atoms with Crippen LogP contribution in [0.5, 0.6) is 11.5 Å². The van der Waals surface area contributed by atoms with Gasteiger partial charge in [0, 0.05) is 16.6 Å². The zero-order valence-corrected chi connectivity index (χ0v) is 19.7. The van der Waals surface area contributed by atoms with E-state index in [1.165, 1.54) is 10.4 Å². The number of carbonyl (C=O) groups is 1. The fourth-order valence-electron chi connectivity index (χ4n) is 4.48. The maximum Gasteiger partial charge on any atom is 0.259 e. The van der Waals surface area contributed by atoms with Crippen LogP contribution in [-0.2, 0) is 24.2 Å². The molecule has 3 heterocycles. The monoisotopic (exact) mass is 468 g/mol. The number of hydrogen-bond acceptors (Lipinski definition) is 7. The minimum atomic E-state index is -0.141. The van der Waals surface area contributed by atoms with E-state index in [-0.39, 0.29) is 18.0 Å². The number of aromatic amines is 1. The summed E-state index contributed by atoms with van der Waals surface area (Å²) in [6.07, 6.45) is 3.08. The first-order valence-electron chi connectivity index (χ1n) is 11.5. The zero-order valence-electron chi connectivity index (χ0n) is 18.9. The number of rotatable bonds is 6. The Kier molecular flexibility index (Phi) is 6.07. The number of benzene rings is 1. The highest BCUT2D eigenvalue weighted by Gasteiger charge is 2.23. The highest BCUT2D eigenvalue weighted by molar-refractivity contribution is 7.18. The van der Waals surface area contributed by atoms with Crippen molar-refractivity contribution in [3.05, 3.63) is 44.8 Å². The maximum atomic E-state index is 12.9. The number of ether oxygens (including phenoxy) is 2. The number of nitrogens with zero attached hydrogens (tertiary/aromatic N) is 2. The van der Waals surface area contributed by atoms with Crippen LogP contribution in [0.15, 0.2) is 23.0 Å². The third kappa shape index (κ3) is 4.60. The quantitative estimate of drug-likeness (QED) is 0.576. The standard InChI is InChI=1S/C24H28N4O4S/c1-3-28(13-21(29)25-15-5-7-17-18(11-15)32-9-8-31-17)12-20-26-23(30)22-16-6-4-14(2)10-19(16)33-24(22)27-20/h5,7,11,14H,3-4,6,8-10,12-13H2,1-2H3,(H,25,29)(H,26,27,30). The molecule has 1 aliphatic carbocycles. The van der Waals surface area contributed by atoms with E-state index in [0.717, 1.165) is 29.5 Å². The van der Waals surface area contributed by atoms with Crippen molar-refractivity contribution in [1.82, 2.24) is 14.9 Å². The van der Waals surface area contributed by atoms with Crippen LogP contribution in [0.25, 0.3) is 10.2 Å². The van der Waals surface area contributed by atoms with Gasteiger partial charge in [0.05, 0.1) is 18.5 Å². The molecule has 0 bridgehead atoms. The molecule has 33 heavy (non-hydrogen) atoms. The van der Waals surface area contributed by atoms with Gasteiger partial charge in [0.25, 0.3) is 5.56 Å². The summed E-state index contributed by atoms with van der Waals surface area (Å²) in [5, 5.41) is 3.67. The molecule has 1 aliphatic heterocycles. The summed E-state index contributed by atoms with van der Waals surface area (Å²) >= 11 is 1.64. The minimum Gasteiger partial charge on any atom is -0.486 e. The molecule has 174 valence electrons. The summed E-state index contributed by atoms with van der Waals surface area (Å²) in [6, 6.07) is 5.37. The Labute approximate surface area is 195 Å². The van der Waals surface area contributed by atoms with Gasteiger partial charge in [-0.1, -0.05) is 13.8 Å². The van der Waals surface area contributed by atoms with Gasteiger partial charge in [-0.2, -0.15) is 0 Å². The molecule has 2 aliphatic rings. The van der Waals surface area contributed by atoms with Crippen LogP contribution in [-0.4, -0.2) is 47.1 Å². The van der Waals surface area contributed by atoms with E-state index in [2.05, 4.69) is 17.2 Å². The lowest BCUT2D eigenvalue weighted by molar-refractivity contribution is -0.117. The number of nitrogens with one attached hydrogen (secondary N) is 2. The molecule has 0 saturated heterocycles. The largest absolute Gasteiger partial charge is 0.486 e. The van der Waals surface area contributed by atoms with Crippen molar-refractivity contribution in [2.75, 3.05) is 31.6 Å². The first-order chi connectivity index (χ1) is 16.0. The van der Waals surface area contributed by atoms with Crippen LogP contribution in [0, 0.1) is 5.92 Å². The van der Waals surface area contributed by atoms with Crippen LogP contribution in [0.4, 0.5) is 5.69 Å². The molecule has 2 N–H and O–H groups in total. The average Bonchev–Trinajstić information content (AvgIpc) is 3.16. The lowest BCUT2D eigenvalue weighted by atomic mass is 9.89. The van der Waals surface area contributed by atoms with Gasteiger partial charge in [-0.05, 0) is 49.4 Å². The topological polar surface area (TPSA) is 96.6 Å². The number of fused-ring (bicyclic) bond motifs is 4. The number of H-pyrrole nitrogens is 1. The van der Waals surface area contributed by atoms with Crippen molar-refractivity contribution in [2.45, 2.75) is 39.7 Å². The molecular weight excluding hydrogens is 440 g/mol. The van der Waals surface area contributed by atoms with Crippen molar-refractivity contribution >= 4 is 33.1 Å². The molecule has 0 spiro atoms. The summed E-state index contributed by atoms with van der Waals surface area (Å²) < 4.78 is 11.1. The Morgan fingerprint density at radius 2 is 2.12 bits per heavy atom. The fourth-order valence-corrected chi connectivity index (χ4v) is 5.89. The zero-order chi connectivity index (χ0) is 22.9. The number of amides is 1. The van der Waals surface area contributed by atoms with Crippen molar-refractivity contribution < 1.29 is 14.3 Å². The predicted octanol–water partition coefficient (Wildman–Crippen LogP) is 3.34. The summed E-state index contributed by atoms with van der Waals surface area (Å²) in [6.45, 7) is 6.50. The number of anilines is 1. The highest BCUT2D eigenvalue weighted by atomic mass is 32.1. The maximum absolute atomic E-state index is 12.9. The van der Waals surface area contributed by atoms with Gasteiger partial charge in [0.15, 0.2) is 11.5 Å². The van der Waals surface area contributed by atoms with Crippen LogP contribution in [0.3, 0.4) is 0 Å². The normalized spacial score (nSPS) is 17.2. The predicted molar refractivity (Wildman–Crippen MR) is 128 cm³/mol. The SMILES string of the molecule is CCN(CC(=O)Nc1ccc2c(c1)OCCO2)Cc1nc2sc3c(c2c(=O)[nH]1)CCC(C)C3. The van der Waals surface area contributed by atoms with E-state index in [0.29, 0.717) is 55.2 Å². The van der Waals surface area contributed by atoms with Crippen molar-refractivity contribution in [3.8, 4) is 11.5 Å². The average molecular weight is 469 g/mol. The van der Waals surface area contributed by atoms with Gasteiger partial charge in [0.2, 0.25) is 5.91 Å². The van der Waals surface area contributed by atoms with Gasteiger partial charge in [-0.25, -0.2) is 4.98 Å². The van der Waals surface area contributed by atoms with Crippen LogP contribution in [0.1, 0.15) is 36.5 Å². The van der Waals surface area contributed by atoms with E-state index in [1.807, 2.05) is 11.8 Å². The second kappa shape index (κ2) is 9.15. The Balaban J connectivity index is 1.28. The Morgan fingerprint density at radius 3 is 2.94 bits per heavy atom. The summed E-state index contributed by atoms with van der Waals surface area (Å²) in [5.74, 6) is 2.41. The molecule has 1 amide bonds. The molecule has 2 aromatic heterocycles. The Hall–Kier alpha value is -2.91. The number of likely N-dealkylation sites (N-methyl/N-ethyl adjacent to an activating group) is 1. The second-order valence-electron chi connectivity index (χ2n) is 8.75. The van der Waals surface area contributed by atoms with Crippen LogP contribution >= 0.6 is 11.3 Å². The molecule has 8 nitrogen and oxygen atoms in total. The van der Waals surface area contributed by atoms with E-state index >= 15 is 0 Å². The molecule has 1 aromatic carbocycles. The lowest BCUT2D eigenvalue weighted by Gasteiger charge is -2.21. The smallest absolute Gasteiger partial charge is 0.259 e. The second-order valence-corrected chi connectivity index (χ2v) is 9.84. The molecule has 1 unspecified atom stereocenters. The Morgan fingerprint density at radius 1 is 1.30 bits per heavy atom. The molecule has 5 rings (SSSR count). The van der Waals surface area contributed by atoms with E-state index in [1.54, 1.807) is 29.5 Å². The third-order valence-electron chi connectivity index (χ3n) is 6.23. The van der Waals surface area contributed by atoms with Crippen LogP contribution < -0.4 is 20.3 Å². The van der Waals surface area contributed by atoms with Gasteiger partial charge in [-0.15, -0.1) is 11.3 Å². The highest BCUT2D eigenvalue weighted by Crippen LogP contribution is 2.35. The first kappa shape index (κ1) is 21.9. The number of thiophene rings is 1. The van der Waals surface area contributed by atoms with Crippen molar-refractivity contribution in [3.63, 3.8) is 0 Å². The van der Waals surface area contributed by atoms with Crippen molar-refractivity contribution in [1.29, 1.82) is 0 Å². The van der Waals surface area contributed by atoms with Crippen molar-refractivity contribution in [2.24, 2.45) is 5.92 Å². The molecular formula is C24H28N4O4S. The number of aromatic nitrogens is 2. The Bertz CT molecular complexity index is 1250.